The van der Waals surface area contributed by atoms with E-state index in [1.165, 1.54) is 6.33 Å². The van der Waals surface area contributed by atoms with Gasteiger partial charge in [-0.3, -0.25) is 0 Å². The SMILES string of the molecule is COc1ccc(C2c3c(Nc4ccccc4)ncnc3Oc3cc(C)oc(=O)c32)cc1. The van der Waals surface area contributed by atoms with Gasteiger partial charge in [0.05, 0.1) is 24.2 Å². The molecule has 0 amide bonds. The van der Waals surface area contributed by atoms with E-state index < -0.39 is 11.5 Å². The first kappa shape index (κ1) is 18.9. The molecule has 1 aliphatic heterocycles. The fourth-order valence-corrected chi connectivity index (χ4v) is 3.80. The van der Waals surface area contributed by atoms with Crippen molar-refractivity contribution in [1.29, 1.82) is 0 Å². The van der Waals surface area contributed by atoms with E-state index in [0.717, 1.165) is 17.0 Å². The predicted molar refractivity (Wildman–Crippen MR) is 115 cm³/mol. The highest BCUT2D eigenvalue weighted by Crippen LogP contribution is 2.48. The Kier molecular flexibility index (Phi) is 4.63. The number of fused-ring (bicyclic) bond motifs is 2. The molecule has 0 saturated carbocycles. The Morgan fingerprint density at radius 2 is 1.77 bits per heavy atom. The van der Waals surface area contributed by atoms with Crippen LogP contribution in [0.25, 0.3) is 0 Å². The summed E-state index contributed by atoms with van der Waals surface area (Å²) in [5.74, 6) is 2.10. The zero-order valence-electron chi connectivity index (χ0n) is 17.0. The average Bonchev–Trinajstić information content (AvgIpc) is 2.78. The third kappa shape index (κ3) is 3.40. The molecule has 1 unspecified atom stereocenters. The molecule has 4 aromatic rings. The second kappa shape index (κ2) is 7.60. The number of para-hydroxylation sites is 1. The molecule has 7 nitrogen and oxygen atoms in total. The molecule has 154 valence electrons. The number of aromatic nitrogens is 2. The van der Waals surface area contributed by atoms with Crippen LogP contribution in [0.2, 0.25) is 0 Å². The molecule has 1 N–H and O–H groups in total. The van der Waals surface area contributed by atoms with E-state index in [-0.39, 0.29) is 0 Å². The molecule has 1 atom stereocenters. The molecule has 0 bridgehead atoms. The van der Waals surface area contributed by atoms with Crippen LogP contribution in [0.3, 0.4) is 0 Å². The van der Waals surface area contributed by atoms with Gasteiger partial charge in [0.15, 0.2) is 0 Å². The third-order valence-corrected chi connectivity index (χ3v) is 5.19. The largest absolute Gasteiger partial charge is 0.497 e. The Bertz CT molecular complexity index is 1300. The summed E-state index contributed by atoms with van der Waals surface area (Å²) in [6.07, 6.45) is 1.44. The number of nitrogens with one attached hydrogen (secondary N) is 1. The minimum atomic E-state index is -0.478. The fourth-order valence-electron chi connectivity index (χ4n) is 3.80. The van der Waals surface area contributed by atoms with E-state index in [2.05, 4.69) is 15.3 Å². The van der Waals surface area contributed by atoms with Gasteiger partial charge in [0.1, 0.15) is 29.4 Å². The van der Waals surface area contributed by atoms with Gasteiger partial charge in [-0.2, -0.15) is 0 Å². The van der Waals surface area contributed by atoms with Gasteiger partial charge >= 0.3 is 5.63 Å². The monoisotopic (exact) mass is 413 g/mol. The van der Waals surface area contributed by atoms with Crippen molar-refractivity contribution in [2.24, 2.45) is 0 Å². The topological polar surface area (TPSA) is 86.5 Å². The lowest BCUT2D eigenvalue weighted by atomic mass is 9.84. The Morgan fingerprint density at radius 1 is 1.00 bits per heavy atom. The minimum Gasteiger partial charge on any atom is -0.497 e. The van der Waals surface area contributed by atoms with E-state index >= 15 is 0 Å². The molecule has 3 heterocycles. The molecular weight excluding hydrogens is 394 g/mol. The number of ether oxygens (including phenoxy) is 2. The summed E-state index contributed by atoms with van der Waals surface area (Å²) in [4.78, 5) is 21.8. The number of hydrogen-bond acceptors (Lipinski definition) is 7. The minimum absolute atomic E-state index is 0.395. The second-order valence-electron chi connectivity index (χ2n) is 7.16. The third-order valence-electron chi connectivity index (χ3n) is 5.19. The summed E-state index contributed by atoms with van der Waals surface area (Å²) in [5, 5.41) is 3.33. The van der Waals surface area contributed by atoms with E-state index in [1.54, 1.807) is 20.1 Å². The summed E-state index contributed by atoms with van der Waals surface area (Å²) < 4.78 is 16.8. The molecule has 31 heavy (non-hydrogen) atoms. The molecule has 0 aliphatic carbocycles. The van der Waals surface area contributed by atoms with Crippen LogP contribution >= 0.6 is 0 Å². The van der Waals surface area contributed by atoms with Crippen molar-refractivity contribution in [2.45, 2.75) is 12.8 Å². The van der Waals surface area contributed by atoms with Crippen molar-refractivity contribution in [3.8, 4) is 17.4 Å². The summed E-state index contributed by atoms with van der Waals surface area (Å²) in [5.41, 5.74) is 2.36. The highest BCUT2D eigenvalue weighted by atomic mass is 16.5. The Morgan fingerprint density at radius 3 is 2.52 bits per heavy atom. The number of methoxy groups -OCH3 is 1. The smallest absolute Gasteiger partial charge is 0.343 e. The predicted octanol–water partition coefficient (Wildman–Crippen LogP) is 4.78. The molecule has 0 fully saturated rings. The van der Waals surface area contributed by atoms with Crippen LogP contribution in [0.4, 0.5) is 11.5 Å². The lowest BCUT2D eigenvalue weighted by Crippen LogP contribution is -2.22. The van der Waals surface area contributed by atoms with Crippen molar-refractivity contribution in [2.75, 3.05) is 12.4 Å². The van der Waals surface area contributed by atoms with Crippen molar-refractivity contribution in [3.63, 3.8) is 0 Å². The van der Waals surface area contributed by atoms with Gasteiger partial charge in [-0.1, -0.05) is 30.3 Å². The molecule has 2 aromatic heterocycles. The van der Waals surface area contributed by atoms with E-state index in [4.69, 9.17) is 13.9 Å². The summed E-state index contributed by atoms with van der Waals surface area (Å²) in [6.45, 7) is 1.71. The van der Waals surface area contributed by atoms with Crippen LogP contribution in [0, 0.1) is 6.92 Å². The number of benzene rings is 2. The first-order valence-electron chi connectivity index (χ1n) is 9.77. The van der Waals surface area contributed by atoms with Crippen LogP contribution in [-0.4, -0.2) is 17.1 Å². The van der Waals surface area contributed by atoms with Gasteiger partial charge in [0.2, 0.25) is 5.88 Å². The molecular formula is C24H19N3O4. The summed E-state index contributed by atoms with van der Waals surface area (Å²) in [6, 6.07) is 18.9. The zero-order chi connectivity index (χ0) is 21.4. The van der Waals surface area contributed by atoms with Gasteiger partial charge < -0.3 is 19.2 Å². The van der Waals surface area contributed by atoms with Gasteiger partial charge in [0, 0.05) is 11.8 Å². The Balaban J connectivity index is 1.73. The Hall–Kier alpha value is -4.13. The van der Waals surface area contributed by atoms with Gasteiger partial charge in [0.25, 0.3) is 0 Å². The first-order chi connectivity index (χ1) is 15.1. The van der Waals surface area contributed by atoms with E-state index in [1.807, 2.05) is 54.6 Å². The molecule has 5 rings (SSSR count). The maximum absolute atomic E-state index is 12.9. The maximum atomic E-state index is 12.9. The molecule has 0 radical (unpaired) electrons. The number of rotatable bonds is 4. The second-order valence-corrected chi connectivity index (χ2v) is 7.16. The highest BCUT2D eigenvalue weighted by molar-refractivity contribution is 5.68. The van der Waals surface area contributed by atoms with Gasteiger partial charge in [-0.25, -0.2) is 14.8 Å². The average molecular weight is 413 g/mol. The maximum Gasteiger partial charge on any atom is 0.343 e. The Labute approximate surface area is 178 Å². The van der Waals surface area contributed by atoms with Crippen LogP contribution in [0.1, 0.15) is 28.4 Å². The summed E-state index contributed by atoms with van der Waals surface area (Å²) >= 11 is 0. The molecule has 7 heteroatoms. The van der Waals surface area contributed by atoms with Crippen LogP contribution in [-0.2, 0) is 0 Å². The number of hydrogen-bond donors (Lipinski definition) is 1. The van der Waals surface area contributed by atoms with Gasteiger partial charge in [-0.05, 0) is 36.8 Å². The summed E-state index contributed by atoms with van der Waals surface area (Å²) in [7, 11) is 1.61. The first-order valence-corrected chi connectivity index (χ1v) is 9.77. The number of nitrogens with zero attached hydrogens (tertiary/aromatic N) is 2. The highest BCUT2D eigenvalue weighted by Gasteiger charge is 2.36. The van der Waals surface area contributed by atoms with Crippen molar-refractivity contribution < 1.29 is 13.9 Å². The molecule has 0 saturated heterocycles. The molecule has 0 spiro atoms. The van der Waals surface area contributed by atoms with Crippen LogP contribution < -0.4 is 20.4 Å². The quantitative estimate of drug-likeness (QED) is 0.454. The van der Waals surface area contributed by atoms with Crippen molar-refractivity contribution >= 4 is 11.5 Å². The zero-order valence-corrected chi connectivity index (χ0v) is 17.0. The van der Waals surface area contributed by atoms with Gasteiger partial charge in [-0.15, -0.1) is 0 Å². The lowest BCUT2D eigenvalue weighted by Gasteiger charge is -2.28. The number of anilines is 2. The van der Waals surface area contributed by atoms with E-state index in [9.17, 15) is 4.79 Å². The van der Waals surface area contributed by atoms with E-state index in [0.29, 0.717) is 34.3 Å². The molecule has 1 aliphatic rings. The standard InChI is InChI=1S/C24H19N3O4/c1-14-12-18-20(24(28)30-14)19(15-8-10-17(29-2)11-9-15)21-22(25-13-26-23(21)31-18)27-16-6-4-3-5-7-16/h3-13,19H,1-2H3,(H,25,26,27). The van der Waals surface area contributed by atoms with Crippen LogP contribution in [0.15, 0.2) is 76.2 Å². The van der Waals surface area contributed by atoms with Crippen LogP contribution in [0.5, 0.6) is 17.4 Å². The van der Waals surface area contributed by atoms with Crippen molar-refractivity contribution in [3.05, 3.63) is 99.9 Å². The molecule has 2 aromatic carbocycles. The lowest BCUT2D eigenvalue weighted by molar-refractivity contribution is 0.398. The fraction of sp³-hybridized carbons (Fsp3) is 0.125. The normalized spacial score (nSPS) is 14.2. The van der Waals surface area contributed by atoms with Crippen molar-refractivity contribution in [1.82, 2.24) is 9.97 Å². The number of aryl methyl sites for hydroxylation is 1.